The van der Waals surface area contributed by atoms with Crippen LogP contribution < -0.4 is 5.32 Å². The highest BCUT2D eigenvalue weighted by molar-refractivity contribution is 7.98. The largest absolute Gasteiger partial charge is 0.387 e. The van der Waals surface area contributed by atoms with Gasteiger partial charge in [-0.15, -0.1) is 11.8 Å². The molecule has 0 aliphatic rings. The maximum Gasteiger partial charge on any atom is 0.0475 e. The molecule has 2 aromatic carbocycles. The van der Waals surface area contributed by atoms with E-state index < -0.39 is 0 Å². The van der Waals surface area contributed by atoms with E-state index in [9.17, 15) is 0 Å². The van der Waals surface area contributed by atoms with Gasteiger partial charge in [0.2, 0.25) is 0 Å². The van der Waals surface area contributed by atoms with Gasteiger partial charge >= 0.3 is 0 Å². The molecule has 0 fully saturated rings. The molecule has 0 saturated carbocycles. The smallest absolute Gasteiger partial charge is 0.0475 e. The van der Waals surface area contributed by atoms with Crippen molar-refractivity contribution in [1.29, 1.82) is 0 Å². The lowest BCUT2D eigenvalue weighted by molar-refractivity contribution is 1.09. The Bertz CT molecular complexity index is 509. The average molecular weight is 318 g/mol. The molecule has 0 atom stereocenters. The van der Waals surface area contributed by atoms with E-state index in [2.05, 4.69) is 74.6 Å². The molecule has 2 heteroatoms. The van der Waals surface area contributed by atoms with Gasteiger partial charge in [0.15, 0.2) is 0 Å². The highest BCUT2D eigenvalue weighted by atomic mass is 32.2. The van der Waals surface area contributed by atoms with Crippen LogP contribution >= 0.6 is 11.8 Å². The van der Waals surface area contributed by atoms with Crippen LogP contribution in [0.2, 0.25) is 0 Å². The number of nitrogens with one attached hydrogen (secondary N) is 1. The van der Waals surface area contributed by atoms with E-state index >= 15 is 0 Å². The minimum absolute atomic E-state index is 1.02. The predicted octanol–water partition coefficient (Wildman–Crippen LogP) is 6.77. The first-order chi connectivity index (χ1) is 10.7. The lowest BCUT2D eigenvalue weighted by atomic mass is 10.1. The van der Waals surface area contributed by atoms with Gasteiger partial charge in [0, 0.05) is 23.4 Å². The third-order valence-corrected chi connectivity index (χ3v) is 3.92. The molecule has 0 spiro atoms. The number of rotatable bonds is 4. The quantitative estimate of drug-likeness (QED) is 0.624. The number of benzene rings is 2. The van der Waals surface area contributed by atoms with Gasteiger partial charge in [-0.05, 0) is 30.2 Å². The lowest BCUT2D eigenvalue weighted by Crippen LogP contribution is -1.91. The molecule has 0 aliphatic heterocycles. The Labute approximate surface area is 141 Å². The molecule has 0 heterocycles. The zero-order valence-corrected chi connectivity index (χ0v) is 15.8. The molecular weight excluding hydrogens is 286 g/mol. The highest BCUT2D eigenvalue weighted by Crippen LogP contribution is 2.30. The second-order valence-corrected chi connectivity index (χ2v) is 5.69. The Morgan fingerprint density at radius 3 is 2.05 bits per heavy atom. The Kier molecular flexibility index (Phi) is 12.4. The van der Waals surface area contributed by atoms with E-state index in [0.717, 1.165) is 5.75 Å². The Hall–Kier alpha value is -1.41. The molecule has 22 heavy (non-hydrogen) atoms. The summed E-state index contributed by atoms with van der Waals surface area (Å²) in [7, 11) is 1.97. The molecule has 1 nitrogen and oxygen atoms in total. The minimum Gasteiger partial charge on any atom is -0.387 e. The van der Waals surface area contributed by atoms with Crippen LogP contribution in [0, 0.1) is 6.92 Å². The summed E-state index contributed by atoms with van der Waals surface area (Å²) in [4.78, 5) is 1.30. The minimum atomic E-state index is 1.02. The van der Waals surface area contributed by atoms with Crippen molar-refractivity contribution >= 4 is 17.4 Å². The molecule has 0 saturated heterocycles. The van der Waals surface area contributed by atoms with Gasteiger partial charge in [-0.3, -0.25) is 0 Å². The molecule has 0 aliphatic carbocycles. The third-order valence-electron chi connectivity index (χ3n) is 2.80. The number of para-hydroxylation sites is 1. The van der Waals surface area contributed by atoms with Crippen molar-refractivity contribution in [3.05, 3.63) is 59.7 Å². The summed E-state index contributed by atoms with van der Waals surface area (Å²) in [5.74, 6) is 1.02. The predicted molar refractivity (Wildman–Crippen MR) is 104 cm³/mol. The van der Waals surface area contributed by atoms with Crippen LogP contribution in [-0.2, 0) is 5.75 Å². The van der Waals surface area contributed by atoms with Crippen LogP contribution in [0.1, 0.15) is 45.2 Å². The van der Waals surface area contributed by atoms with Crippen molar-refractivity contribution in [3.8, 4) is 0 Å². The van der Waals surface area contributed by atoms with Crippen molar-refractivity contribution in [2.24, 2.45) is 0 Å². The average Bonchev–Trinajstić information content (AvgIpc) is 2.57. The van der Waals surface area contributed by atoms with E-state index in [0.29, 0.717) is 0 Å². The number of hydrogen-bond acceptors (Lipinski definition) is 2. The SMILES string of the molecule is CC.CCC.CNc1ccccc1SCc1ccccc1C. The second-order valence-electron chi connectivity index (χ2n) is 4.67. The molecule has 2 rings (SSSR count). The number of thioether (sulfide) groups is 1. The fourth-order valence-electron chi connectivity index (χ4n) is 1.73. The zero-order chi connectivity index (χ0) is 16.8. The van der Waals surface area contributed by atoms with Crippen LogP contribution in [0.15, 0.2) is 53.4 Å². The maximum absolute atomic E-state index is 3.23. The molecule has 0 aromatic heterocycles. The van der Waals surface area contributed by atoms with Gasteiger partial charge in [0.1, 0.15) is 0 Å². The molecule has 0 amide bonds. The Balaban J connectivity index is 0.000000789. The first kappa shape index (κ1) is 20.6. The Morgan fingerprint density at radius 1 is 0.909 bits per heavy atom. The van der Waals surface area contributed by atoms with Crippen molar-refractivity contribution in [1.82, 2.24) is 0 Å². The van der Waals surface area contributed by atoms with E-state index in [1.807, 2.05) is 32.7 Å². The summed E-state index contributed by atoms with van der Waals surface area (Å²) in [5, 5.41) is 3.23. The number of aryl methyl sites for hydroxylation is 1. The Morgan fingerprint density at radius 2 is 1.45 bits per heavy atom. The number of hydrogen-bond donors (Lipinski definition) is 1. The van der Waals surface area contributed by atoms with E-state index in [4.69, 9.17) is 0 Å². The first-order valence-electron chi connectivity index (χ1n) is 8.17. The van der Waals surface area contributed by atoms with Crippen molar-refractivity contribution in [3.63, 3.8) is 0 Å². The van der Waals surface area contributed by atoms with Gasteiger partial charge in [0.05, 0.1) is 0 Å². The van der Waals surface area contributed by atoms with E-state index in [-0.39, 0.29) is 0 Å². The fraction of sp³-hybridized carbons (Fsp3) is 0.400. The summed E-state index contributed by atoms with van der Waals surface area (Å²) in [6.45, 7) is 10.4. The van der Waals surface area contributed by atoms with Crippen LogP contribution in [-0.4, -0.2) is 7.05 Å². The maximum atomic E-state index is 3.23. The van der Waals surface area contributed by atoms with Gasteiger partial charge in [-0.2, -0.15) is 0 Å². The fourth-order valence-corrected chi connectivity index (χ4v) is 2.86. The first-order valence-corrected chi connectivity index (χ1v) is 9.15. The monoisotopic (exact) mass is 317 g/mol. The van der Waals surface area contributed by atoms with Gasteiger partial charge in [0.25, 0.3) is 0 Å². The molecule has 122 valence electrons. The van der Waals surface area contributed by atoms with E-state index in [1.54, 1.807) is 0 Å². The van der Waals surface area contributed by atoms with Gasteiger partial charge < -0.3 is 5.32 Å². The number of anilines is 1. The van der Waals surface area contributed by atoms with Gasteiger partial charge in [-0.25, -0.2) is 0 Å². The van der Waals surface area contributed by atoms with Crippen molar-refractivity contribution in [2.75, 3.05) is 12.4 Å². The molecule has 2 aromatic rings. The summed E-state index contributed by atoms with van der Waals surface area (Å²) in [6.07, 6.45) is 1.25. The lowest BCUT2D eigenvalue weighted by Gasteiger charge is -2.09. The van der Waals surface area contributed by atoms with Crippen LogP contribution in [0.5, 0.6) is 0 Å². The van der Waals surface area contributed by atoms with Crippen LogP contribution in [0.3, 0.4) is 0 Å². The van der Waals surface area contributed by atoms with Crippen molar-refractivity contribution in [2.45, 2.75) is 51.7 Å². The zero-order valence-electron chi connectivity index (χ0n) is 14.9. The molecular formula is C20H31NS. The summed E-state index contributed by atoms with van der Waals surface area (Å²) >= 11 is 1.88. The van der Waals surface area contributed by atoms with Gasteiger partial charge in [-0.1, -0.05) is 70.5 Å². The normalized spacial score (nSPS) is 9.00. The molecule has 0 radical (unpaired) electrons. The molecule has 1 N–H and O–H groups in total. The topological polar surface area (TPSA) is 12.0 Å². The summed E-state index contributed by atoms with van der Waals surface area (Å²) in [5.41, 5.74) is 3.97. The van der Waals surface area contributed by atoms with Crippen molar-refractivity contribution < 1.29 is 0 Å². The standard InChI is InChI=1S/C15H17NS.C3H8.C2H6/c1-12-7-3-4-8-13(12)11-17-15-10-6-5-9-14(15)16-2;1-3-2;1-2/h3-10,16H,11H2,1-2H3;3H2,1-2H3;1-2H3. The molecule has 0 bridgehead atoms. The third kappa shape index (κ3) is 7.56. The summed E-state index contributed by atoms with van der Waals surface area (Å²) in [6, 6.07) is 17.0. The molecule has 0 unspecified atom stereocenters. The second kappa shape index (κ2) is 13.3. The summed E-state index contributed by atoms with van der Waals surface area (Å²) < 4.78 is 0. The van der Waals surface area contributed by atoms with E-state index in [1.165, 1.54) is 28.1 Å². The van der Waals surface area contributed by atoms with Crippen LogP contribution in [0.4, 0.5) is 5.69 Å². The highest BCUT2D eigenvalue weighted by Gasteiger charge is 2.02. The van der Waals surface area contributed by atoms with Crippen LogP contribution in [0.25, 0.3) is 0 Å².